The minimum absolute atomic E-state index is 0.228. The zero-order valence-electron chi connectivity index (χ0n) is 13.6. The van der Waals surface area contributed by atoms with Crippen LogP contribution in [0.15, 0.2) is 29.3 Å². The molecule has 0 amide bonds. The smallest absolute Gasteiger partial charge is 0.194 e. The summed E-state index contributed by atoms with van der Waals surface area (Å²) in [4.78, 5) is 6.75. The van der Waals surface area contributed by atoms with Crippen molar-refractivity contribution in [3.05, 3.63) is 29.8 Å². The van der Waals surface area contributed by atoms with E-state index in [-0.39, 0.29) is 6.10 Å². The molecule has 122 valence electrons. The molecule has 22 heavy (non-hydrogen) atoms. The Bertz CT molecular complexity index is 491. The zero-order valence-corrected chi connectivity index (χ0v) is 13.6. The van der Waals surface area contributed by atoms with E-state index in [2.05, 4.69) is 35.1 Å². The standard InChI is InChI=1S/C17H27N3O2/c1-3-18-17(20-11-9-15(21)13-20)19-10-6-12-22-16-8-5-4-7-14(16)2/h4-5,7-8,15,21H,3,6,9-13H2,1-2H3,(H,18,19)/t15-/m1/s1. The molecular weight excluding hydrogens is 278 g/mol. The minimum atomic E-state index is -0.228. The number of β-amino-alcohol motifs (C(OH)–C–C–N with tert-alkyl or cyclic N) is 1. The average Bonchev–Trinajstić information content (AvgIpc) is 2.94. The molecule has 5 heteroatoms. The first-order chi connectivity index (χ1) is 10.7. The minimum Gasteiger partial charge on any atom is -0.493 e. The summed E-state index contributed by atoms with van der Waals surface area (Å²) in [5.74, 6) is 1.84. The van der Waals surface area contributed by atoms with Crippen molar-refractivity contribution in [2.75, 3.05) is 32.8 Å². The highest BCUT2D eigenvalue weighted by Crippen LogP contribution is 2.16. The Morgan fingerprint density at radius 2 is 2.27 bits per heavy atom. The molecule has 2 N–H and O–H groups in total. The van der Waals surface area contributed by atoms with Crippen LogP contribution in [0.1, 0.15) is 25.3 Å². The fraction of sp³-hybridized carbons (Fsp3) is 0.588. The Labute approximate surface area is 133 Å². The van der Waals surface area contributed by atoms with Crippen LogP contribution < -0.4 is 10.1 Å². The van der Waals surface area contributed by atoms with Crippen LogP contribution in [0.3, 0.4) is 0 Å². The number of aliphatic hydroxyl groups excluding tert-OH is 1. The molecule has 1 fully saturated rings. The molecule has 1 aromatic carbocycles. The van der Waals surface area contributed by atoms with Crippen LogP contribution in [-0.4, -0.2) is 54.9 Å². The van der Waals surface area contributed by atoms with E-state index in [1.165, 1.54) is 0 Å². The van der Waals surface area contributed by atoms with Gasteiger partial charge in [-0.05, 0) is 31.9 Å². The summed E-state index contributed by atoms with van der Waals surface area (Å²) in [6.45, 7) is 7.87. The SMILES string of the molecule is CCNC(=NCCCOc1ccccc1C)N1CC[C@@H](O)C1. The maximum Gasteiger partial charge on any atom is 0.194 e. The summed E-state index contributed by atoms with van der Waals surface area (Å²) in [5.41, 5.74) is 1.16. The molecule has 2 rings (SSSR count). The van der Waals surface area contributed by atoms with Gasteiger partial charge in [0.2, 0.25) is 0 Å². The lowest BCUT2D eigenvalue weighted by Gasteiger charge is -2.20. The van der Waals surface area contributed by atoms with E-state index >= 15 is 0 Å². The molecule has 1 atom stereocenters. The predicted molar refractivity (Wildman–Crippen MR) is 89.5 cm³/mol. The van der Waals surface area contributed by atoms with Crippen molar-refractivity contribution >= 4 is 5.96 Å². The Morgan fingerprint density at radius 1 is 1.45 bits per heavy atom. The number of rotatable bonds is 6. The van der Waals surface area contributed by atoms with Crippen LogP contribution in [0.5, 0.6) is 5.75 Å². The maximum atomic E-state index is 9.63. The molecule has 1 aliphatic heterocycles. The van der Waals surface area contributed by atoms with Crippen LogP contribution in [-0.2, 0) is 0 Å². The largest absolute Gasteiger partial charge is 0.493 e. The molecule has 0 spiro atoms. The Balaban J connectivity index is 1.75. The second kappa shape index (κ2) is 8.63. The highest BCUT2D eigenvalue weighted by molar-refractivity contribution is 5.80. The summed E-state index contributed by atoms with van der Waals surface area (Å²) in [5, 5.41) is 12.9. The molecular formula is C17H27N3O2. The average molecular weight is 305 g/mol. The van der Waals surface area contributed by atoms with Crippen molar-refractivity contribution in [2.45, 2.75) is 32.8 Å². The Morgan fingerprint density at radius 3 is 2.95 bits per heavy atom. The molecule has 1 aliphatic rings. The number of hydrogen-bond donors (Lipinski definition) is 2. The molecule has 1 aromatic rings. The van der Waals surface area contributed by atoms with E-state index in [0.29, 0.717) is 13.2 Å². The number of nitrogens with zero attached hydrogens (tertiary/aromatic N) is 2. The van der Waals surface area contributed by atoms with Crippen LogP contribution in [0.2, 0.25) is 0 Å². The lowest BCUT2D eigenvalue weighted by molar-refractivity contribution is 0.187. The van der Waals surface area contributed by atoms with Gasteiger partial charge in [0.25, 0.3) is 0 Å². The topological polar surface area (TPSA) is 57.1 Å². The first-order valence-corrected chi connectivity index (χ1v) is 8.10. The van der Waals surface area contributed by atoms with E-state index in [4.69, 9.17) is 4.74 Å². The quantitative estimate of drug-likeness (QED) is 0.478. The molecule has 0 aromatic heterocycles. The van der Waals surface area contributed by atoms with Crippen LogP contribution in [0, 0.1) is 6.92 Å². The molecule has 5 nitrogen and oxygen atoms in total. The highest BCUT2D eigenvalue weighted by Gasteiger charge is 2.22. The van der Waals surface area contributed by atoms with Gasteiger partial charge in [-0.25, -0.2) is 0 Å². The van der Waals surface area contributed by atoms with Crippen molar-refractivity contribution < 1.29 is 9.84 Å². The monoisotopic (exact) mass is 305 g/mol. The fourth-order valence-electron chi connectivity index (χ4n) is 2.51. The Hall–Kier alpha value is -1.75. The number of aliphatic imine (C=N–C) groups is 1. The summed E-state index contributed by atoms with van der Waals surface area (Å²) < 4.78 is 5.78. The molecule has 1 heterocycles. The van der Waals surface area contributed by atoms with Crippen molar-refractivity contribution in [1.82, 2.24) is 10.2 Å². The second-order valence-corrected chi connectivity index (χ2v) is 5.59. The van der Waals surface area contributed by atoms with Crippen molar-refractivity contribution in [1.29, 1.82) is 0 Å². The molecule has 0 bridgehead atoms. The second-order valence-electron chi connectivity index (χ2n) is 5.59. The molecule has 0 saturated carbocycles. The molecule has 0 unspecified atom stereocenters. The number of benzene rings is 1. The predicted octanol–water partition coefficient (Wildman–Crippen LogP) is 1.80. The van der Waals surface area contributed by atoms with Crippen LogP contribution in [0.25, 0.3) is 0 Å². The van der Waals surface area contributed by atoms with Crippen LogP contribution in [0.4, 0.5) is 0 Å². The zero-order chi connectivity index (χ0) is 15.8. The van der Waals surface area contributed by atoms with Gasteiger partial charge in [-0.2, -0.15) is 0 Å². The normalized spacial score (nSPS) is 18.6. The van der Waals surface area contributed by atoms with Gasteiger partial charge in [-0.3, -0.25) is 4.99 Å². The molecule has 1 saturated heterocycles. The third kappa shape index (κ3) is 4.91. The van der Waals surface area contributed by atoms with Gasteiger partial charge in [-0.1, -0.05) is 18.2 Å². The summed E-state index contributed by atoms with van der Waals surface area (Å²) in [6, 6.07) is 8.05. The van der Waals surface area contributed by atoms with Gasteiger partial charge in [0.05, 0.1) is 12.7 Å². The van der Waals surface area contributed by atoms with Crippen LogP contribution >= 0.6 is 0 Å². The van der Waals surface area contributed by atoms with E-state index in [1.807, 2.05) is 18.2 Å². The van der Waals surface area contributed by atoms with Crippen molar-refractivity contribution in [2.24, 2.45) is 4.99 Å². The van der Waals surface area contributed by atoms with E-state index in [9.17, 15) is 5.11 Å². The molecule has 0 aliphatic carbocycles. The van der Waals surface area contributed by atoms with Crippen molar-refractivity contribution in [3.8, 4) is 5.75 Å². The van der Waals surface area contributed by atoms with Gasteiger partial charge < -0.3 is 20.1 Å². The Kier molecular flexibility index (Phi) is 6.52. The first-order valence-electron chi connectivity index (χ1n) is 8.10. The van der Waals surface area contributed by atoms with Gasteiger partial charge in [-0.15, -0.1) is 0 Å². The third-order valence-electron chi connectivity index (χ3n) is 3.71. The summed E-state index contributed by atoms with van der Waals surface area (Å²) in [7, 11) is 0. The number of nitrogens with one attached hydrogen (secondary N) is 1. The van der Waals surface area contributed by atoms with Gasteiger partial charge in [0, 0.05) is 32.6 Å². The number of ether oxygens (including phenoxy) is 1. The fourth-order valence-corrected chi connectivity index (χ4v) is 2.51. The number of aliphatic hydroxyl groups is 1. The van der Waals surface area contributed by atoms with Gasteiger partial charge in [0.15, 0.2) is 5.96 Å². The lowest BCUT2D eigenvalue weighted by Crippen LogP contribution is -2.40. The number of likely N-dealkylation sites (tertiary alicyclic amines) is 1. The summed E-state index contributed by atoms with van der Waals surface area (Å²) >= 11 is 0. The lowest BCUT2D eigenvalue weighted by atomic mass is 10.2. The maximum absolute atomic E-state index is 9.63. The number of guanidine groups is 1. The number of aryl methyl sites for hydroxylation is 1. The molecule has 0 radical (unpaired) electrons. The third-order valence-corrected chi connectivity index (χ3v) is 3.71. The summed E-state index contributed by atoms with van der Waals surface area (Å²) in [6.07, 6.45) is 1.47. The number of para-hydroxylation sites is 1. The van der Waals surface area contributed by atoms with E-state index < -0.39 is 0 Å². The van der Waals surface area contributed by atoms with E-state index in [1.54, 1.807) is 0 Å². The first kappa shape index (κ1) is 16.6. The van der Waals surface area contributed by atoms with Gasteiger partial charge in [0.1, 0.15) is 5.75 Å². The van der Waals surface area contributed by atoms with E-state index in [0.717, 1.165) is 49.7 Å². The highest BCUT2D eigenvalue weighted by atomic mass is 16.5. The van der Waals surface area contributed by atoms with Gasteiger partial charge >= 0.3 is 0 Å². The number of hydrogen-bond acceptors (Lipinski definition) is 3. The van der Waals surface area contributed by atoms with Crippen molar-refractivity contribution in [3.63, 3.8) is 0 Å².